The van der Waals surface area contributed by atoms with Crippen molar-refractivity contribution in [2.75, 3.05) is 0 Å². The Morgan fingerprint density at radius 3 is 1.93 bits per heavy atom. The van der Waals surface area contributed by atoms with Crippen LogP contribution in [-0.4, -0.2) is 6.36 Å². The normalized spacial score (nSPS) is 11.6. The third-order valence-electron chi connectivity index (χ3n) is 1.19. The van der Waals surface area contributed by atoms with Gasteiger partial charge in [0.25, 0.3) is 0 Å². The molecular formula is C7H2Br2F3IO. The van der Waals surface area contributed by atoms with Gasteiger partial charge in [-0.15, -0.1) is 13.2 Å². The van der Waals surface area contributed by atoms with Crippen molar-refractivity contribution in [1.82, 2.24) is 0 Å². The van der Waals surface area contributed by atoms with Gasteiger partial charge in [-0.05, 0) is 66.6 Å². The number of benzene rings is 1. The summed E-state index contributed by atoms with van der Waals surface area (Å²) in [5.74, 6) is -0.253. The Hall–Kier alpha value is 0.500. The van der Waals surface area contributed by atoms with Gasteiger partial charge in [-0.1, -0.05) is 0 Å². The average Bonchev–Trinajstić information content (AvgIpc) is 1.96. The summed E-state index contributed by atoms with van der Waals surface area (Å²) >= 11 is 8.23. The minimum absolute atomic E-state index is 0.253. The molecule has 1 nitrogen and oxygen atoms in total. The fourth-order valence-electron chi connectivity index (χ4n) is 0.725. The lowest BCUT2D eigenvalue weighted by Gasteiger charge is -2.10. The van der Waals surface area contributed by atoms with E-state index in [9.17, 15) is 13.2 Å². The largest absolute Gasteiger partial charge is 0.573 e. The fourth-order valence-corrected chi connectivity index (χ4v) is 2.18. The van der Waals surface area contributed by atoms with Gasteiger partial charge in [0.05, 0.1) is 0 Å². The molecule has 0 atom stereocenters. The predicted molar refractivity (Wildman–Crippen MR) is 61.2 cm³/mol. The van der Waals surface area contributed by atoms with Crippen LogP contribution in [0.1, 0.15) is 0 Å². The van der Waals surface area contributed by atoms with Crippen LogP contribution in [0.15, 0.2) is 21.1 Å². The molecule has 0 amide bonds. The highest BCUT2D eigenvalue weighted by Crippen LogP contribution is 2.34. The molecule has 0 aliphatic rings. The first kappa shape index (κ1) is 12.6. The molecule has 0 aliphatic carbocycles. The summed E-state index contributed by atoms with van der Waals surface area (Å²) in [4.78, 5) is 0. The second-order valence-electron chi connectivity index (χ2n) is 2.25. The van der Waals surface area contributed by atoms with Crippen molar-refractivity contribution in [3.05, 3.63) is 24.6 Å². The van der Waals surface area contributed by atoms with E-state index in [0.717, 1.165) is 3.57 Å². The van der Waals surface area contributed by atoms with E-state index >= 15 is 0 Å². The molecule has 0 saturated carbocycles. The van der Waals surface area contributed by atoms with E-state index in [0.29, 0.717) is 8.95 Å². The summed E-state index contributed by atoms with van der Waals surface area (Å²) in [6.45, 7) is 0. The van der Waals surface area contributed by atoms with E-state index in [1.165, 1.54) is 12.1 Å². The molecule has 1 aromatic rings. The number of hydrogen-bond donors (Lipinski definition) is 0. The molecule has 7 heteroatoms. The van der Waals surface area contributed by atoms with E-state index < -0.39 is 6.36 Å². The van der Waals surface area contributed by atoms with Gasteiger partial charge in [-0.3, -0.25) is 0 Å². The summed E-state index contributed by atoms with van der Waals surface area (Å²) in [7, 11) is 0. The Balaban J connectivity index is 3.02. The van der Waals surface area contributed by atoms with Gasteiger partial charge in [0.15, 0.2) is 0 Å². The molecular weight excluding hydrogens is 444 g/mol. The highest BCUT2D eigenvalue weighted by Gasteiger charge is 2.31. The van der Waals surface area contributed by atoms with Crippen LogP contribution in [0.5, 0.6) is 5.75 Å². The third-order valence-corrected chi connectivity index (χ3v) is 5.09. The van der Waals surface area contributed by atoms with E-state index in [1.54, 1.807) is 0 Å². The average molecular weight is 446 g/mol. The van der Waals surface area contributed by atoms with Crippen LogP contribution in [-0.2, 0) is 0 Å². The number of halogens is 6. The van der Waals surface area contributed by atoms with E-state index in [1.807, 2.05) is 22.6 Å². The van der Waals surface area contributed by atoms with Gasteiger partial charge in [-0.25, -0.2) is 0 Å². The second kappa shape index (κ2) is 4.56. The van der Waals surface area contributed by atoms with Crippen molar-refractivity contribution in [3.63, 3.8) is 0 Å². The lowest BCUT2D eigenvalue weighted by molar-refractivity contribution is -0.274. The molecule has 0 spiro atoms. The van der Waals surface area contributed by atoms with Gasteiger partial charge in [0.1, 0.15) is 5.75 Å². The van der Waals surface area contributed by atoms with Gasteiger partial charge < -0.3 is 4.74 Å². The summed E-state index contributed by atoms with van der Waals surface area (Å²) in [6, 6.07) is 2.53. The maximum atomic E-state index is 11.9. The Bertz CT molecular complexity index is 330. The van der Waals surface area contributed by atoms with Gasteiger partial charge in [0.2, 0.25) is 0 Å². The maximum Gasteiger partial charge on any atom is 0.573 e. The zero-order chi connectivity index (χ0) is 10.9. The number of alkyl halides is 3. The second-order valence-corrected chi connectivity index (χ2v) is 5.04. The maximum absolute atomic E-state index is 11.9. The molecule has 0 bridgehead atoms. The van der Waals surface area contributed by atoms with Crippen LogP contribution < -0.4 is 4.74 Å². The van der Waals surface area contributed by atoms with Gasteiger partial charge in [-0.2, -0.15) is 0 Å². The van der Waals surface area contributed by atoms with Crippen LogP contribution in [0.25, 0.3) is 0 Å². The molecule has 0 heterocycles. The van der Waals surface area contributed by atoms with Crippen LogP contribution in [0.2, 0.25) is 0 Å². The standard InChI is InChI=1S/C7H2Br2F3IO/c8-4-1-3(14-7(10,11)12)2-5(9)6(4)13/h1-2H. The first-order valence-electron chi connectivity index (χ1n) is 3.20. The first-order valence-corrected chi connectivity index (χ1v) is 5.86. The van der Waals surface area contributed by atoms with E-state index in [2.05, 4.69) is 36.6 Å². The molecule has 0 radical (unpaired) electrons. The molecule has 78 valence electrons. The van der Waals surface area contributed by atoms with Crippen LogP contribution >= 0.6 is 54.5 Å². The first-order chi connectivity index (χ1) is 6.29. The summed E-state index contributed by atoms with van der Waals surface area (Å²) in [5, 5.41) is 0. The minimum atomic E-state index is -4.66. The fraction of sp³-hybridized carbons (Fsp3) is 0.143. The number of hydrogen-bond acceptors (Lipinski definition) is 1. The Morgan fingerprint density at radius 1 is 1.14 bits per heavy atom. The molecule has 0 aromatic heterocycles. The predicted octanol–water partition coefficient (Wildman–Crippen LogP) is 4.71. The zero-order valence-corrected chi connectivity index (χ0v) is 11.7. The van der Waals surface area contributed by atoms with Gasteiger partial charge in [0, 0.05) is 12.5 Å². The van der Waals surface area contributed by atoms with Crippen molar-refractivity contribution in [1.29, 1.82) is 0 Å². The minimum Gasteiger partial charge on any atom is -0.406 e. The van der Waals surface area contributed by atoms with Crippen molar-refractivity contribution in [2.45, 2.75) is 6.36 Å². The van der Waals surface area contributed by atoms with Gasteiger partial charge >= 0.3 is 6.36 Å². The van der Waals surface area contributed by atoms with E-state index in [4.69, 9.17) is 0 Å². The third kappa shape index (κ3) is 3.58. The van der Waals surface area contributed by atoms with Crippen molar-refractivity contribution in [2.24, 2.45) is 0 Å². The summed E-state index contributed by atoms with van der Waals surface area (Å²) < 4.78 is 41.2. The lowest BCUT2D eigenvalue weighted by Crippen LogP contribution is -2.17. The molecule has 0 unspecified atom stereocenters. The van der Waals surface area contributed by atoms with Crippen LogP contribution in [0.3, 0.4) is 0 Å². The van der Waals surface area contributed by atoms with Crippen molar-refractivity contribution in [3.8, 4) is 5.75 Å². The molecule has 0 aliphatic heterocycles. The SMILES string of the molecule is FC(F)(F)Oc1cc(Br)c(I)c(Br)c1. The monoisotopic (exact) mass is 444 g/mol. The Morgan fingerprint density at radius 2 is 1.57 bits per heavy atom. The molecule has 1 rings (SSSR count). The summed E-state index contributed by atoms with van der Waals surface area (Å²) in [5.41, 5.74) is 0. The highest BCUT2D eigenvalue weighted by molar-refractivity contribution is 14.1. The molecule has 0 N–H and O–H groups in total. The molecule has 1 aromatic carbocycles. The highest BCUT2D eigenvalue weighted by atomic mass is 127. The Kier molecular flexibility index (Phi) is 4.10. The topological polar surface area (TPSA) is 9.23 Å². The molecule has 14 heavy (non-hydrogen) atoms. The molecule has 0 fully saturated rings. The lowest BCUT2D eigenvalue weighted by atomic mass is 10.3. The summed E-state index contributed by atoms with van der Waals surface area (Å²) in [6.07, 6.45) is -4.66. The quantitative estimate of drug-likeness (QED) is 0.449. The van der Waals surface area contributed by atoms with Crippen molar-refractivity contribution < 1.29 is 17.9 Å². The molecule has 0 saturated heterocycles. The smallest absolute Gasteiger partial charge is 0.406 e. The van der Waals surface area contributed by atoms with Crippen molar-refractivity contribution >= 4 is 54.5 Å². The number of rotatable bonds is 1. The van der Waals surface area contributed by atoms with Crippen LogP contribution in [0.4, 0.5) is 13.2 Å². The number of ether oxygens (including phenoxy) is 1. The Labute approximate surface area is 108 Å². The van der Waals surface area contributed by atoms with Crippen LogP contribution in [0, 0.1) is 3.57 Å². The zero-order valence-electron chi connectivity index (χ0n) is 6.33. The van der Waals surface area contributed by atoms with E-state index in [-0.39, 0.29) is 5.75 Å².